The molecule has 1 fully saturated rings. The van der Waals surface area contributed by atoms with Crippen LogP contribution in [0.2, 0.25) is 0 Å². The molecule has 8 nitrogen and oxygen atoms in total. The van der Waals surface area contributed by atoms with Gasteiger partial charge in [-0.1, -0.05) is 12.1 Å². The zero-order valence-corrected chi connectivity index (χ0v) is 16.5. The van der Waals surface area contributed by atoms with Gasteiger partial charge >= 0.3 is 0 Å². The first-order valence-corrected chi connectivity index (χ1v) is 7.78. The number of nitrogens with two attached hydrogens (primary N) is 1. The quantitative estimate of drug-likeness (QED) is 0.238. The number of ether oxygens (including phenoxy) is 1. The van der Waals surface area contributed by atoms with Gasteiger partial charge in [-0.15, -0.1) is 24.0 Å². The van der Waals surface area contributed by atoms with Crippen LogP contribution in [0.3, 0.4) is 0 Å². The largest absolute Gasteiger partial charge is 0.383 e. The Morgan fingerprint density at radius 1 is 1.40 bits per heavy atom. The number of halogens is 1. The van der Waals surface area contributed by atoms with Crippen LogP contribution in [0, 0.1) is 0 Å². The zero-order valence-electron chi connectivity index (χ0n) is 14.2. The van der Waals surface area contributed by atoms with Crippen LogP contribution < -0.4 is 16.4 Å². The number of rotatable bonds is 6. The van der Waals surface area contributed by atoms with Gasteiger partial charge in [0.25, 0.3) is 5.91 Å². The lowest BCUT2D eigenvalue weighted by Gasteiger charge is -2.26. The minimum absolute atomic E-state index is 0. The van der Waals surface area contributed by atoms with Crippen LogP contribution in [-0.2, 0) is 16.1 Å². The summed E-state index contributed by atoms with van der Waals surface area (Å²) >= 11 is 0. The summed E-state index contributed by atoms with van der Waals surface area (Å²) in [6.45, 7) is 2.71. The van der Waals surface area contributed by atoms with Crippen molar-refractivity contribution in [3.8, 4) is 0 Å². The normalized spacial score (nSPS) is 14.5. The number of carbonyl (C=O) groups is 2. The third kappa shape index (κ3) is 6.86. The fourth-order valence-electron chi connectivity index (χ4n) is 2.26. The number of methoxy groups -OCH3 is 1. The van der Waals surface area contributed by atoms with Crippen LogP contribution in [0.1, 0.15) is 15.9 Å². The van der Waals surface area contributed by atoms with Crippen LogP contribution in [0.25, 0.3) is 0 Å². The van der Waals surface area contributed by atoms with Gasteiger partial charge in [0.2, 0.25) is 5.91 Å². The molecule has 1 aromatic rings. The smallest absolute Gasteiger partial charge is 0.254 e. The lowest BCUT2D eigenvalue weighted by Crippen LogP contribution is -2.49. The average Bonchev–Trinajstić information content (AvgIpc) is 2.60. The molecule has 2 rings (SSSR count). The van der Waals surface area contributed by atoms with Crippen LogP contribution in [-0.4, -0.2) is 62.6 Å². The van der Waals surface area contributed by atoms with E-state index in [4.69, 9.17) is 10.5 Å². The van der Waals surface area contributed by atoms with Gasteiger partial charge in [0.15, 0.2) is 5.96 Å². The van der Waals surface area contributed by atoms with E-state index in [1.165, 1.54) is 0 Å². The molecule has 0 unspecified atom stereocenters. The Morgan fingerprint density at radius 2 is 2.12 bits per heavy atom. The summed E-state index contributed by atoms with van der Waals surface area (Å²) in [6.07, 6.45) is 0. The fraction of sp³-hybridized carbons (Fsp3) is 0.438. The van der Waals surface area contributed by atoms with Crippen molar-refractivity contribution in [3.05, 3.63) is 35.4 Å². The van der Waals surface area contributed by atoms with Crippen LogP contribution in [0.4, 0.5) is 0 Å². The molecule has 0 aliphatic carbocycles. The molecule has 0 spiro atoms. The monoisotopic (exact) mass is 461 g/mol. The summed E-state index contributed by atoms with van der Waals surface area (Å²) in [4.78, 5) is 29.5. The Morgan fingerprint density at radius 3 is 2.76 bits per heavy atom. The van der Waals surface area contributed by atoms with E-state index < -0.39 is 0 Å². The second kappa shape index (κ2) is 10.9. The molecule has 0 bridgehead atoms. The summed E-state index contributed by atoms with van der Waals surface area (Å²) in [7, 11) is 1.62. The molecule has 138 valence electrons. The van der Waals surface area contributed by atoms with Crippen LogP contribution >= 0.6 is 24.0 Å². The number of guanidine groups is 1. The van der Waals surface area contributed by atoms with Crippen molar-refractivity contribution in [1.82, 2.24) is 15.5 Å². The standard InChI is InChI=1S/C16H23N5O3.HI/c1-24-9-7-19-16(17)20-10-12-2-4-13(5-3-12)15(23)21-8-6-18-14(22)11-21;/h2-5H,6-11H2,1H3,(H,18,22)(H3,17,19,20);1H. The second-order valence-corrected chi connectivity index (χ2v) is 5.39. The second-order valence-electron chi connectivity index (χ2n) is 5.39. The van der Waals surface area contributed by atoms with E-state index in [9.17, 15) is 9.59 Å². The number of carbonyl (C=O) groups excluding carboxylic acids is 2. The highest BCUT2D eigenvalue weighted by molar-refractivity contribution is 14.0. The van der Waals surface area contributed by atoms with Crippen molar-refractivity contribution in [2.45, 2.75) is 6.54 Å². The Bertz CT molecular complexity index is 606. The number of hydrogen-bond donors (Lipinski definition) is 3. The minimum Gasteiger partial charge on any atom is -0.383 e. The molecule has 1 heterocycles. The van der Waals surface area contributed by atoms with Crippen molar-refractivity contribution in [2.75, 3.05) is 39.9 Å². The molecule has 2 amide bonds. The Kier molecular flexibility index (Phi) is 9.21. The van der Waals surface area contributed by atoms with Crippen LogP contribution in [0.5, 0.6) is 0 Å². The van der Waals surface area contributed by atoms with Gasteiger partial charge in [-0.05, 0) is 17.7 Å². The maximum Gasteiger partial charge on any atom is 0.254 e. The van der Waals surface area contributed by atoms with Gasteiger partial charge in [0, 0.05) is 32.3 Å². The molecule has 25 heavy (non-hydrogen) atoms. The summed E-state index contributed by atoms with van der Waals surface area (Å²) in [5.41, 5.74) is 7.24. The van der Waals surface area contributed by atoms with Gasteiger partial charge in [-0.25, -0.2) is 4.99 Å². The highest BCUT2D eigenvalue weighted by Crippen LogP contribution is 2.09. The van der Waals surface area contributed by atoms with Gasteiger partial charge in [-0.3, -0.25) is 9.59 Å². The van der Waals surface area contributed by atoms with E-state index in [1.807, 2.05) is 12.1 Å². The highest BCUT2D eigenvalue weighted by atomic mass is 127. The number of benzene rings is 1. The van der Waals surface area contributed by atoms with E-state index in [2.05, 4.69) is 15.6 Å². The molecule has 1 aromatic carbocycles. The first-order chi connectivity index (χ1) is 11.6. The first kappa shape index (κ1) is 21.2. The van der Waals surface area contributed by atoms with Gasteiger partial charge in [0.05, 0.1) is 19.7 Å². The number of aliphatic imine (C=N–C) groups is 1. The Labute approximate surface area is 164 Å². The third-order valence-corrected chi connectivity index (χ3v) is 3.57. The topological polar surface area (TPSA) is 109 Å². The highest BCUT2D eigenvalue weighted by Gasteiger charge is 2.21. The Hall–Kier alpha value is -1.88. The lowest BCUT2D eigenvalue weighted by molar-refractivity contribution is -0.123. The number of hydrogen-bond acceptors (Lipinski definition) is 4. The predicted molar refractivity (Wildman–Crippen MR) is 106 cm³/mol. The van der Waals surface area contributed by atoms with E-state index in [0.29, 0.717) is 44.3 Å². The van der Waals surface area contributed by atoms with Gasteiger partial charge in [-0.2, -0.15) is 0 Å². The average molecular weight is 461 g/mol. The maximum absolute atomic E-state index is 12.3. The van der Waals surface area contributed by atoms with Crippen molar-refractivity contribution < 1.29 is 14.3 Å². The lowest BCUT2D eigenvalue weighted by atomic mass is 10.1. The molecular weight excluding hydrogens is 437 g/mol. The minimum atomic E-state index is -0.138. The molecule has 0 aromatic heterocycles. The van der Waals surface area contributed by atoms with Crippen molar-refractivity contribution >= 4 is 41.8 Å². The van der Waals surface area contributed by atoms with Crippen LogP contribution in [0.15, 0.2) is 29.3 Å². The molecule has 0 radical (unpaired) electrons. The predicted octanol–water partition coefficient (Wildman–Crippen LogP) is -0.0727. The van der Waals surface area contributed by atoms with Crippen molar-refractivity contribution in [2.24, 2.45) is 10.7 Å². The number of piperazine rings is 1. The SMILES string of the molecule is COCCNC(N)=NCc1ccc(C(=O)N2CCNC(=O)C2)cc1.I. The molecule has 4 N–H and O–H groups in total. The van der Waals surface area contributed by atoms with E-state index in [-0.39, 0.29) is 42.3 Å². The zero-order chi connectivity index (χ0) is 17.4. The van der Waals surface area contributed by atoms with Gasteiger partial charge < -0.3 is 26.0 Å². The molecular formula is C16H24IN5O3. The van der Waals surface area contributed by atoms with Crippen molar-refractivity contribution in [3.63, 3.8) is 0 Å². The summed E-state index contributed by atoms with van der Waals surface area (Å²) in [5.74, 6) is 0.0872. The fourth-order valence-corrected chi connectivity index (χ4v) is 2.26. The molecule has 1 aliphatic heterocycles. The molecule has 9 heteroatoms. The first-order valence-electron chi connectivity index (χ1n) is 7.78. The number of nitrogens with zero attached hydrogens (tertiary/aromatic N) is 2. The molecule has 0 atom stereocenters. The van der Waals surface area contributed by atoms with Gasteiger partial charge in [0.1, 0.15) is 0 Å². The number of amides is 2. The molecule has 1 saturated heterocycles. The molecule has 1 aliphatic rings. The molecule has 0 saturated carbocycles. The summed E-state index contributed by atoms with van der Waals surface area (Å²) in [5, 5.41) is 5.63. The van der Waals surface area contributed by atoms with E-state index in [0.717, 1.165) is 5.56 Å². The number of nitrogens with one attached hydrogen (secondary N) is 2. The summed E-state index contributed by atoms with van der Waals surface area (Å²) < 4.78 is 4.91. The van der Waals surface area contributed by atoms with Crippen molar-refractivity contribution in [1.29, 1.82) is 0 Å². The maximum atomic E-state index is 12.3. The summed E-state index contributed by atoms with van der Waals surface area (Å²) in [6, 6.07) is 7.16. The third-order valence-electron chi connectivity index (χ3n) is 3.57. The van der Waals surface area contributed by atoms with E-state index >= 15 is 0 Å². The Balaban J connectivity index is 0.00000312. The van der Waals surface area contributed by atoms with E-state index in [1.54, 1.807) is 24.1 Å².